The zero-order valence-electron chi connectivity index (χ0n) is 23.3. The standard InChI is InChI=1S/C32H34FN5O3/c1-3-7-24-9-4-5-12-38(24)31(39)22-14-21(15-23(33)16-22)20-8-6-10-25(17-20)37-13-11-26(32(40)41)30(37)28-18-27(28)29-19-36(2)35-34-29/h6,8,10-11,13-17,19,24,27-28H,3-5,7,9,12,18H2,1-2H3,(H,40,41). The zero-order valence-corrected chi connectivity index (χ0v) is 23.3. The van der Waals surface area contributed by atoms with Gasteiger partial charge in [0, 0.05) is 60.8 Å². The highest BCUT2D eigenvalue weighted by molar-refractivity contribution is 5.96. The lowest BCUT2D eigenvalue weighted by Gasteiger charge is -2.36. The molecule has 2 aromatic carbocycles. The van der Waals surface area contributed by atoms with E-state index in [0.29, 0.717) is 23.4 Å². The van der Waals surface area contributed by atoms with Gasteiger partial charge in [0.25, 0.3) is 5.91 Å². The summed E-state index contributed by atoms with van der Waals surface area (Å²) in [7, 11) is 1.81. The molecule has 3 atom stereocenters. The van der Waals surface area contributed by atoms with Crippen molar-refractivity contribution in [1.29, 1.82) is 0 Å². The van der Waals surface area contributed by atoms with Crippen LogP contribution in [0, 0.1) is 5.82 Å². The number of rotatable bonds is 8. The summed E-state index contributed by atoms with van der Waals surface area (Å²) in [5, 5.41) is 18.2. The molecule has 1 saturated carbocycles. The second kappa shape index (κ2) is 11.0. The molecule has 2 aliphatic rings. The molecule has 3 heterocycles. The minimum absolute atomic E-state index is 0.00420. The van der Waals surface area contributed by atoms with Gasteiger partial charge < -0.3 is 14.6 Å². The van der Waals surface area contributed by atoms with Crippen molar-refractivity contribution in [2.75, 3.05) is 6.54 Å². The third-order valence-corrected chi connectivity index (χ3v) is 8.41. The first-order valence-corrected chi connectivity index (χ1v) is 14.4. The van der Waals surface area contributed by atoms with Crippen LogP contribution in [0.25, 0.3) is 16.8 Å². The van der Waals surface area contributed by atoms with Crippen LogP contribution in [0.5, 0.6) is 0 Å². The molecule has 4 aromatic rings. The Kier molecular flexibility index (Phi) is 7.19. The summed E-state index contributed by atoms with van der Waals surface area (Å²) in [6.45, 7) is 2.82. The Labute approximate surface area is 238 Å². The molecule has 1 N–H and O–H groups in total. The molecule has 2 aromatic heterocycles. The highest BCUT2D eigenvalue weighted by atomic mass is 19.1. The first kappa shape index (κ1) is 26.9. The van der Waals surface area contributed by atoms with Crippen LogP contribution in [-0.2, 0) is 7.05 Å². The summed E-state index contributed by atoms with van der Waals surface area (Å²) < 4.78 is 18.5. The van der Waals surface area contributed by atoms with Gasteiger partial charge in [0.05, 0.1) is 11.3 Å². The van der Waals surface area contributed by atoms with E-state index in [9.17, 15) is 19.1 Å². The maximum atomic E-state index is 14.9. The number of nitrogens with zero attached hydrogens (tertiary/aromatic N) is 5. The van der Waals surface area contributed by atoms with E-state index in [0.717, 1.165) is 55.5 Å². The fourth-order valence-corrected chi connectivity index (χ4v) is 6.37. The predicted octanol–water partition coefficient (Wildman–Crippen LogP) is 6.18. The molecule has 1 aliphatic heterocycles. The normalized spacial score (nSPS) is 20.3. The van der Waals surface area contributed by atoms with Gasteiger partial charge in [-0.25, -0.2) is 9.18 Å². The Morgan fingerprint density at radius 3 is 2.68 bits per heavy atom. The van der Waals surface area contributed by atoms with E-state index in [4.69, 9.17) is 0 Å². The van der Waals surface area contributed by atoms with E-state index >= 15 is 0 Å². The highest BCUT2D eigenvalue weighted by Gasteiger charge is 2.45. The number of carboxylic acid groups (broad SMARTS) is 1. The molecule has 9 heteroatoms. The Hall–Kier alpha value is -4.27. The molecule has 41 heavy (non-hydrogen) atoms. The second-order valence-electron chi connectivity index (χ2n) is 11.3. The van der Waals surface area contributed by atoms with E-state index in [1.807, 2.05) is 47.0 Å². The van der Waals surface area contributed by atoms with Crippen molar-refractivity contribution in [3.8, 4) is 16.8 Å². The summed E-state index contributed by atoms with van der Waals surface area (Å²) in [5.74, 6) is -1.47. The zero-order chi connectivity index (χ0) is 28.7. The van der Waals surface area contributed by atoms with E-state index in [1.54, 1.807) is 23.0 Å². The molecule has 1 aliphatic carbocycles. The first-order chi connectivity index (χ1) is 19.8. The number of piperidine rings is 1. The minimum atomic E-state index is -0.980. The maximum Gasteiger partial charge on any atom is 0.337 e. The lowest BCUT2D eigenvalue weighted by Crippen LogP contribution is -2.43. The van der Waals surface area contributed by atoms with Gasteiger partial charge in [-0.1, -0.05) is 30.7 Å². The Morgan fingerprint density at radius 2 is 1.93 bits per heavy atom. The van der Waals surface area contributed by atoms with Crippen molar-refractivity contribution < 1.29 is 19.1 Å². The summed E-state index contributed by atoms with van der Waals surface area (Å²) in [6, 6.07) is 13.9. The molecule has 0 bridgehead atoms. The largest absolute Gasteiger partial charge is 0.478 e. The van der Waals surface area contributed by atoms with E-state index in [1.165, 1.54) is 12.1 Å². The predicted molar refractivity (Wildman–Crippen MR) is 153 cm³/mol. The number of likely N-dealkylation sites (tertiary alicyclic amines) is 1. The van der Waals surface area contributed by atoms with Crippen LogP contribution in [0.2, 0.25) is 0 Å². The number of halogens is 1. The molecule has 0 spiro atoms. The first-order valence-electron chi connectivity index (χ1n) is 14.4. The molecule has 0 radical (unpaired) electrons. The number of carboxylic acids is 1. The lowest BCUT2D eigenvalue weighted by molar-refractivity contribution is 0.0599. The van der Waals surface area contributed by atoms with Crippen LogP contribution in [0.3, 0.4) is 0 Å². The SMILES string of the molecule is CCCC1CCCCN1C(=O)c1cc(F)cc(-c2cccc(-n3ccc(C(=O)O)c3C3CC3c3cn(C)nn3)c2)c1. The quantitative estimate of drug-likeness (QED) is 0.280. The van der Waals surface area contributed by atoms with Crippen molar-refractivity contribution in [1.82, 2.24) is 24.5 Å². The maximum absolute atomic E-state index is 14.9. The van der Waals surface area contributed by atoms with E-state index < -0.39 is 11.8 Å². The van der Waals surface area contributed by atoms with Crippen molar-refractivity contribution >= 4 is 11.9 Å². The Bertz CT molecular complexity index is 1610. The fraction of sp³-hybridized carbons (Fsp3) is 0.375. The van der Waals surface area contributed by atoms with Gasteiger partial charge in [-0.3, -0.25) is 9.48 Å². The minimum Gasteiger partial charge on any atom is -0.478 e. The summed E-state index contributed by atoms with van der Waals surface area (Å²) in [5.41, 5.74) is 4.30. The van der Waals surface area contributed by atoms with Crippen molar-refractivity contribution in [3.05, 3.63) is 89.3 Å². The topological polar surface area (TPSA) is 93.2 Å². The number of aryl methyl sites for hydroxylation is 1. The van der Waals surface area contributed by atoms with Gasteiger partial charge in [-0.05, 0) is 79.6 Å². The fourth-order valence-electron chi connectivity index (χ4n) is 6.37. The average molecular weight is 556 g/mol. The Balaban J connectivity index is 1.33. The lowest BCUT2D eigenvalue weighted by atomic mass is 9.96. The number of hydrogen-bond donors (Lipinski definition) is 1. The van der Waals surface area contributed by atoms with Crippen LogP contribution in [0.15, 0.2) is 60.9 Å². The summed E-state index contributed by atoms with van der Waals surface area (Å²) in [6.07, 6.45) is 9.44. The molecule has 3 unspecified atom stereocenters. The monoisotopic (exact) mass is 555 g/mol. The smallest absolute Gasteiger partial charge is 0.337 e. The van der Waals surface area contributed by atoms with Crippen LogP contribution < -0.4 is 0 Å². The Morgan fingerprint density at radius 1 is 1.07 bits per heavy atom. The van der Waals surface area contributed by atoms with Gasteiger partial charge in [0.15, 0.2) is 0 Å². The van der Waals surface area contributed by atoms with Gasteiger partial charge in [-0.15, -0.1) is 5.10 Å². The molecule has 1 saturated heterocycles. The molecular weight excluding hydrogens is 521 g/mol. The molecular formula is C32H34FN5O3. The number of carbonyl (C=O) groups excluding carboxylic acids is 1. The number of carbonyl (C=O) groups is 2. The number of aromatic nitrogens is 4. The second-order valence-corrected chi connectivity index (χ2v) is 11.3. The van der Waals surface area contributed by atoms with Crippen LogP contribution in [0.1, 0.15) is 89.4 Å². The summed E-state index contributed by atoms with van der Waals surface area (Å²) >= 11 is 0. The van der Waals surface area contributed by atoms with Crippen LogP contribution >= 0.6 is 0 Å². The number of aromatic carboxylic acids is 1. The average Bonchev–Trinajstić information content (AvgIpc) is 3.41. The third kappa shape index (κ3) is 5.28. The van der Waals surface area contributed by atoms with Gasteiger partial charge >= 0.3 is 5.97 Å². The van der Waals surface area contributed by atoms with Gasteiger partial charge in [0.2, 0.25) is 0 Å². The highest BCUT2D eigenvalue weighted by Crippen LogP contribution is 2.55. The molecule has 2 fully saturated rings. The van der Waals surface area contributed by atoms with Crippen molar-refractivity contribution in [2.45, 2.75) is 63.3 Å². The number of hydrogen-bond acceptors (Lipinski definition) is 4. The molecule has 6 rings (SSSR count). The summed E-state index contributed by atoms with van der Waals surface area (Å²) in [4.78, 5) is 27.6. The number of amides is 1. The van der Waals surface area contributed by atoms with Crippen molar-refractivity contribution in [3.63, 3.8) is 0 Å². The van der Waals surface area contributed by atoms with Crippen molar-refractivity contribution in [2.24, 2.45) is 7.05 Å². The third-order valence-electron chi connectivity index (χ3n) is 8.41. The van der Waals surface area contributed by atoms with Gasteiger partial charge in [-0.2, -0.15) is 0 Å². The van der Waals surface area contributed by atoms with Crippen LogP contribution in [-0.4, -0.2) is 54.0 Å². The molecule has 212 valence electrons. The molecule has 1 amide bonds. The van der Waals surface area contributed by atoms with Gasteiger partial charge in [0.1, 0.15) is 5.82 Å². The van der Waals surface area contributed by atoms with E-state index in [-0.39, 0.29) is 29.3 Å². The van der Waals surface area contributed by atoms with E-state index in [2.05, 4.69) is 17.2 Å². The molecule has 8 nitrogen and oxygen atoms in total. The van der Waals surface area contributed by atoms with Crippen LogP contribution in [0.4, 0.5) is 4.39 Å². The number of benzene rings is 2.